The topological polar surface area (TPSA) is 43.4 Å². The van der Waals surface area contributed by atoms with E-state index in [1.807, 2.05) is 26.0 Å². The van der Waals surface area contributed by atoms with Crippen molar-refractivity contribution >= 4 is 0 Å². The molecule has 1 unspecified atom stereocenters. The van der Waals surface area contributed by atoms with Gasteiger partial charge in [0.2, 0.25) is 0 Å². The molecule has 1 N–H and O–H groups in total. The van der Waals surface area contributed by atoms with E-state index in [4.69, 9.17) is 9.47 Å². The summed E-state index contributed by atoms with van der Waals surface area (Å²) in [7, 11) is 0. The first kappa shape index (κ1) is 14.9. The van der Waals surface area contributed by atoms with Gasteiger partial charge in [0.15, 0.2) is 0 Å². The van der Waals surface area contributed by atoms with E-state index in [1.54, 1.807) is 6.20 Å². The first-order valence-electron chi connectivity index (χ1n) is 6.60. The third kappa shape index (κ3) is 6.57. The van der Waals surface area contributed by atoms with Crippen LogP contribution in [0.3, 0.4) is 0 Å². The van der Waals surface area contributed by atoms with Crippen LogP contribution in [0.1, 0.15) is 26.0 Å². The Morgan fingerprint density at radius 2 is 2.22 bits per heavy atom. The van der Waals surface area contributed by atoms with Crippen LogP contribution < -0.4 is 10.1 Å². The average molecular weight is 252 g/mol. The molecular weight excluding hydrogens is 228 g/mol. The maximum Gasteiger partial charge on any atom is 0.138 e. The van der Waals surface area contributed by atoms with Gasteiger partial charge in [-0.25, -0.2) is 0 Å². The van der Waals surface area contributed by atoms with Crippen molar-refractivity contribution in [2.24, 2.45) is 0 Å². The Kier molecular flexibility index (Phi) is 7.37. The number of aryl methyl sites for hydroxylation is 1. The van der Waals surface area contributed by atoms with E-state index in [0.717, 1.165) is 44.2 Å². The number of hydrogen-bond donors (Lipinski definition) is 1. The Hall–Kier alpha value is -1.13. The maximum atomic E-state index is 5.74. The van der Waals surface area contributed by atoms with Crippen LogP contribution in [-0.4, -0.2) is 37.4 Å². The van der Waals surface area contributed by atoms with E-state index < -0.39 is 0 Å². The second-order valence-electron chi connectivity index (χ2n) is 4.32. The molecule has 4 nitrogen and oxygen atoms in total. The number of rotatable bonds is 9. The predicted molar refractivity (Wildman–Crippen MR) is 73.0 cm³/mol. The first-order valence-corrected chi connectivity index (χ1v) is 6.60. The summed E-state index contributed by atoms with van der Waals surface area (Å²) >= 11 is 0. The fourth-order valence-corrected chi connectivity index (χ4v) is 1.55. The summed E-state index contributed by atoms with van der Waals surface area (Å²) in [6, 6.07) is 3.91. The molecule has 1 aromatic heterocycles. The smallest absolute Gasteiger partial charge is 0.138 e. The largest absolute Gasteiger partial charge is 0.488 e. The fraction of sp³-hybridized carbons (Fsp3) is 0.643. The number of nitrogens with one attached hydrogen (secondary N) is 1. The quantitative estimate of drug-likeness (QED) is 0.684. The van der Waals surface area contributed by atoms with Crippen molar-refractivity contribution in [1.29, 1.82) is 0 Å². The molecule has 0 saturated carbocycles. The van der Waals surface area contributed by atoms with Crippen molar-refractivity contribution in [3.8, 4) is 5.75 Å². The number of ether oxygens (including phenoxy) is 2. The van der Waals surface area contributed by atoms with Crippen molar-refractivity contribution in [1.82, 2.24) is 10.3 Å². The zero-order valence-corrected chi connectivity index (χ0v) is 11.6. The van der Waals surface area contributed by atoms with Gasteiger partial charge in [-0.05, 0) is 45.9 Å². The normalized spacial score (nSPS) is 12.4. The van der Waals surface area contributed by atoms with Gasteiger partial charge in [-0.1, -0.05) is 0 Å². The molecule has 18 heavy (non-hydrogen) atoms. The monoisotopic (exact) mass is 252 g/mol. The van der Waals surface area contributed by atoms with Crippen LogP contribution in [0.2, 0.25) is 0 Å². The zero-order valence-electron chi connectivity index (χ0n) is 11.6. The molecule has 0 bridgehead atoms. The van der Waals surface area contributed by atoms with Crippen molar-refractivity contribution < 1.29 is 9.47 Å². The Morgan fingerprint density at radius 3 is 2.89 bits per heavy atom. The Labute approximate surface area is 110 Å². The van der Waals surface area contributed by atoms with E-state index in [0.29, 0.717) is 0 Å². The third-order valence-electron chi connectivity index (χ3n) is 2.50. The highest BCUT2D eigenvalue weighted by molar-refractivity contribution is 5.19. The molecule has 0 aliphatic rings. The molecule has 4 heteroatoms. The number of pyridine rings is 1. The van der Waals surface area contributed by atoms with Gasteiger partial charge in [-0.3, -0.25) is 4.98 Å². The minimum atomic E-state index is 0.140. The van der Waals surface area contributed by atoms with Gasteiger partial charge in [-0.15, -0.1) is 0 Å². The summed E-state index contributed by atoms with van der Waals surface area (Å²) < 4.78 is 11.0. The molecule has 1 heterocycles. The minimum Gasteiger partial charge on any atom is -0.488 e. The lowest BCUT2D eigenvalue weighted by Gasteiger charge is -2.15. The van der Waals surface area contributed by atoms with Crippen molar-refractivity contribution in [3.05, 3.63) is 24.0 Å². The predicted octanol–water partition coefficient (Wildman–Crippen LogP) is 2.17. The van der Waals surface area contributed by atoms with Crippen LogP contribution in [0.5, 0.6) is 5.75 Å². The molecule has 0 saturated heterocycles. The van der Waals surface area contributed by atoms with Crippen LogP contribution in [0, 0.1) is 6.92 Å². The number of aromatic nitrogens is 1. The molecule has 0 amide bonds. The Morgan fingerprint density at radius 1 is 1.39 bits per heavy atom. The average Bonchev–Trinajstić information content (AvgIpc) is 2.36. The van der Waals surface area contributed by atoms with Gasteiger partial charge in [0, 0.05) is 25.5 Å². The SMILES string of the molecule is CCOCCCNCC(C)Oc1ccc(C)nc1. The van der Waals surface area contributed by atoms with Crippen LogP contribution >= 0.6 is 0 Å². The molecule has 1 rings (SSSR count). The summed E-state index contributed by atoms with van der Waals surface area (Å²) in [6.07, 6.45) is 2.94. The second-order valence-corrected chi connectivity index (χ2v) is 4.32. The summed E-state index contributed by atoms with van der Waals surface area (Å²) in [5.41, 5.74) is 1.00. The summed E-state index contributed by atoms with van der Waals surface area (Å²) in [5, 5.41) is 3.35. The molecule has 0 aliphatic carbocycles. The van der Waals surface area contributed by atoms with E-state index in [2.05, 4.69) is 17.2 Å². The maximum absolute atomic E-state index is 5.74. The summed E-state index contributed by atoms with van der Waals surface area (Å²) in [5.74, 6) is 0.823. The lowest BCUT2D eigenvalue weighted by atomic mass is 10.3. The molecule has 0 fully saturated rings. The standard InChI is InChI=1S/C14H24N2O2/c1-4-17-9-5-8-15-10-13(3)18-14-7-6-12(2)16-11-14/h6-7,11,13,15H,4-5,8-10H2,1-3H3. The third-order valence-corrected chi connectivity index (χ3v) is 2.50. The van der Waals surface area contributed by atoms with Gasteiger partial charge in [0.1, 0.15) is 11.9 Å². The van der Waals surface area contributed by atoms with Gasteiger partial charge >= 0.3 is 0 Å². The Bertz CT molecular complexity index is 314. The molecule has 0 aromatic carbocycles. The zero-order chi connectivity index (χ0) is 13.2. The van der Waals surface area contributed by atoms with Crippen LogP contribution in [-0.2, 0) is 4.74 Å². The van der Waals surface area contributed by atoms with E-state index in [-0.39, 0.29) is 6.10 Å². The van der Waals surface area contributed by atoms with E-state index in [1.165, 1.54) is 0 Å². The minimum absolute atomic E-state index is 0.140. The molecule has 1 atom stereocenters. The summed E-state index contributed by atoms with van der Waals surface area (Å²) in [4.78, 5) is 4.20. The van der Waals surface area contributed by atoms with Crippen molar-refractivity contribution in [3.63, 3.8) is 0 Å². The molecule has 0 aliphatic heterocycles. The van der Waals surface area contributed by atoms with Crippen LogP contribution in [0.25, 0.3) is 0 Å². The van der Waals surface area contributed by atoms with Crippen molar-refractivity contribution in [2.75, 3.05) is 26.3 Å². The Balaban J connectivity index is 2.10. The highest BCUT2D eigenvalue weighted by atomic mass is 16.5. The molecule has 102 valence electrons. The van der Waals surface area contributed by atoms with Crippen LogP contribution in [0.15, 0.2) is 18.3 Å². The van der Waals surface area contributed by atoms with Gasteiger partial charge in [0.25, 0.3) is 0 Å². The summed E-state index contributed by atoms with van der Waals surface area (Å²) in [6.45, 7) is 9.43. The van der Waals surface area contributed by atoms with Crippen LogP contribution in [0.4, 0.5) is 0 Å². The van der Waals surface area contributed by atoms with Gasteiger partial charge < -0.3 is 14.8 Å². The number of nitrogens with zero attached hydrogens (tertiary/aromatic N) is 1. The van der Waals surface area contributed by atoms with E-state index in [9.17, 15) is 0 Å². The highest BCUT2D eigenvalue weighted by Gasteiger charge is 2.03. The lowest BCUT2D eigenvalue weighted by Crippen LogP contribution is -2.30. The first-order chi connectivity index (χ1) is 8.72. The molecule has 0 spiro atoms. The second kappa shape index (κ2) is 8.89. The van der Waals surface area contributed by atoms with Gasteiger partial charge in [0.05, 0.1) is 6.20 Å². The van der Waals surface area contributed by atoms with E-state index >= 15 is 0 Å². The highest BCUT2D eigenvalue weighted by Crippen LogP contribution is 2.10. The molecule has 0 radical (unpaired) electrons. The number of hydrogen-bond acceptors (Lipinski definition) is 4. The lowest BCUT2D eigenvalue weighted by molar-refractivity contribution is 0.143. The molecule has 1 aromatic rings. The van der Waals surface area contributed by atoms with Gasteiger partial charge in [-0.2, -0.15) is 0 Å². The fourth-order valence-electron chi connectivity index (χ4n) is 1.55. The van der Waals surface area contributed by atoms with Crippen molar-refractivity contribution in [2.45, 2.75) is 33.3 Å². The molecular formula is C14H24N2O2.